The van der Waals surface area contributed by atoms with Gasteiger partial charge in [-0.2, -0.15) is 5.10 Å². The van der Waals surface area contributed by atoms with Gasteiger partial charge in [-0.25, -0.2) is 0 Å². The van der Waals surface area contributed by atoms with Crippen molar-refractivity contribution >= 4 is 15.9 Å². The fourth-order valence-electron chi connectivity index (χ4n) is 2.04. The molecule has 0 saturated carbocycles. The molecule has 1 aromatic carbocycles. The van der Waals surface area contributed by atoms with E-state index in [9.17, 15) is 0 Å². The van der Waals surface area contributed by atoms with E-state index in [0.29, 0.717) is 6.61 Å². The van der Waals surface area contributed by atoms with Crippen molar-refractivity contribution in [2.45, 2.75) is 39.7 Å². The second-order valence-corrected chi connectivity index (χ2v) is 6.83. The normalized spacial score (nSPS) is 11.7. The van der Waals surface area contributed by atoms with Crippen LogP contribution in [0.4, 0.5) is 0 Å². The molecule has 1 heterocycles. The lowest BCUT2D eigenvalue weighted by molar-refractivity contribution is 0.293. The summed E-state index contributed by atoms with van der Waals surface area (Å²) in [5.74, 6) is 0.892. The molecule has 0 unspecified atom stereocenters. The highest BCUT2D eigenvalue weighted by atomic mass is 79.9. The van der Waals surface area contributed by atoms with Gasteiger partial charge in [0.15, 0.2) is 0 Å². The molecular weight excluding hydrogens is 316 g/mol. The fraction of sp³-hybridized carbons (Fsp3) is 0.438. The van der Waals surface area contributed by atoms with Crippen molar-refractivity contribution in [1.29, 1.82) is 0 Å². The first-order chi connectivity index (χ1) is 9.29. The summed E-state index contributed by atoms with van der Waals surface area (Å²) in [7, 11) is 1.93. The van der Waals surface area contributed by atoms with E-state index in [0.717, 1.165) is 21.6 Å². The van der Waals surface area contributed by atoms with Crippen molar-refractivity contribution < 1.29 is 4.74 Å². The molecule has 0 aliphatic rings. The first-order valence-corrected chi connectivity index (χ1v) is 7.49. The van der Waals surface area contributed by atoms with Gasteiger partial charge in [0.2, 0.25) is 0 Å². The molecule has 0 fully saturated rings. The Kier molecular flexibility index (Phi) is 4.23. The van der Waals surface area contributed by atoms with Crippen LogP contribution in [0.1, 0.15) is 37.7 Å². The average molecular weight is 337 g/mol. The van der Waals surface area contributed by atoms with Crippen LogP contribution in [0.2, 0.25) is 0 Å². The molecule has 3 nitrogen and oxygen atoms in total. The van der Waals surface area contributed by atoms with Gasteiger partial charge in [0, 0.05) is 7.05 Å². The Balaban J connectivity index is 2.15. The number of aromatic nitrogens is 2. The molecule has 0 saturated heterocycles. The summed E-state index contributed by atoms with van der Waals surface area (Å²) in [4.78, 5) is 0. The smallest absolute Gasteiger partial charge is 0.131 e. The van der Waals surface area contributed by atoms with Crippen molar-refractivity contribution in [3.8, 4) is 5.75 Å². The Labute approximate surface area is 129 Å². The Morgan fingerprint density at radius 1 is 1.30 bits per heavy atom. The van der Waals surface area contributed by atoms with Crippen LogP contribution in [-0.2, 0) is 19.1 Å². The Bertz CT molecular complexity index is 611. The molecule has 0 atom stereocenters. The molecule has 0 aliphatic heterocycles. The van der Waals surface area contributed by atoms with E-state index in [2.05, 4.69) is 53.9 Å². The molecule has 2 aromatic rings. The Morgan fingerprint density at radius 3 is 2.55 bits per heavy atom. The molecule has 0 N–H and O–H groups in total. The molecule has 0 amide bonds. The third kappa shape index (κ3) is 3.23. The lowest BCUT2D eigenvalue weighted by Gasteiger charge is -2.19. The van der Waals surface area contributed by atoms with Gasteiger partial charge in [0.05, 0.1) is 15.9 Å². The summed E-state index contributed by atoms with van der Waals surface area (Å²) < 4.78 is 8.79. The van der Waals surface area contributed by atoms with Crippen molar-refractivity contribution in [1.82, 2.24) is 9.78 Å². The summed E-state index contributed by atoms with van der Waals surface area (Å²) in [6.07, 6.45) is 0. The maximum Gasteiger partial charge on any atom is 0.131 e. The number of benzene rings is 1. The molecule has 0 aliphatic carbocycles. The lowest BCUT2D eigenvalue weighted by Crippen LogP contribution is -2.11. The largest absolute Gasteiger partial charge is 0.487 e. The first-order valence-electron chi connectivity index (χ1n) is 6.70. The van der Waals surface area contributed by atoms with Crippen molar-refractivity contribution in [2.75, 3.05) is 0 Å². The van der Waals surface area contributed by atoms with Gasteiger partial charge in [-0.1, -0.05) is 32.9 Å². The Hall–Kier alpha value is -1.29. The minimum absolute atomic E-state index is 0.128. The second-order valence-electron chi connectivity index (χ2n) is 6.04. The minimum atomic E-state index is 0.128. The molecule has 1 aromatic heterocycles. The average Bonchev–Trinajstić information content (AvgIpc) is 2.61. The third-order valence-corrected chi connectivity index (χ3v) is 4.37. The van der Waals surface area contributed by atoms with Gasteiger partial charge in [0.25, 0.3) is 0 Å². The van der Waals surface area contributed by atoms with E-state index in [1.54, 1.807) is 0 Å². The van der Waals surface area contributed by atoms with Gasteiger partial charge in [0.1, 0.15) is 12.4 Å². The zero-order chi connectivity index (χ0) is 14.9. The van der Waals surface area contributed by atoms with Crippen LogP contribution in [0.25, 0.3) is 0 Å². The first kappa shape index (κ1) is 15.1. The quantitative estimate of drug-likeness (QED) is 0.832. The van der Waals surface area contributed by atoms with Crippen LogP contribution in [-0.4, -0.2) is 9.78 Å². The number of hydrogen-bond acceptors (Lipinski definition) is 2. The number of aryl methyl sites for hydroxylation is 2. The molecule has 0 radical (unpaired) electrons. The summed E-state index contributed by atoms with van der Waals surface area (Å²) in [5.41, 5.74) is 3.43. The van der Waals surface area contributed by atoms with Crippen molar-refractivity contribution in [2.24, 2.45) is 7.05 Å². The number of halogens is 1. The molecule has 20 heavy (non-hydrogen) atoms. The maximum absolute atomic E-state index is 5.91. The van der Waals surface area contributed by atoms with E-state index in [-0.39, 0.29) is 5.41 Å². The van der Waals surface area contributed by atoms with E-state index >= 15 is 0 Å². The van der Waals surface area contributed by atoms with Crippen LogP contribution in [0.5, 0.6) is 5.75 Å². The van der Waals surface area contributed by atoms with Gasteiger partial charge in [-0.05, 0) is 46.0 Å². The van der Waals surface area contributed by atoms with Gasteiger partial charge in [-0.3, -0.25) is 4.68 Å². The number of rotatable bonds is 3. The minimum Gasteiger partial charge on any atom is -0.487 e. The Morgan fingerprint density at radius 2 is 2.00 bits per heavy atom. The van der Waals surface area contributed by atoms with Crippen molar-refractivity contribution in [3.05, 3.63) is 45.7 Å². The standard InChI is InChI=1S/C16H21BrN2O/c1-11-15(17)14(19(5)18-11)10-20-13-8-6-7-12(9-13)16(2,3)4/h6-9H,10H2,1-5H3. The highest BCUT2D eigenvalue weighted by molar-refractivity contribution is 9.10. The summed E-state index contributed by atoms with van der Waals surface area (Å²) >= 11 is 3.56. The van der Waals surface area contributed by atoms with Gasteiger partial charge >= 0.3 is 0 Å². The molecule has 2 rings (SSSR count). The number of ether oxygens (including phenoxy) is 1. The monoisotopic (exact) mass is 336 g/mol. The van der Waals surface area contributed by atoms with Gasteiger partial charge < -0.3 is 4.74 Å². The van der Waals surface area contributed by atoms with E-state index < -0.39 is 0 Å². The van der Waals surface area contributed by atoms with Crippen LogP contribution in [0.3, 0.4) is 0 Å². The number of nitrogens with zero attached hydrogens (tertiary/aromatic N) is 2. The van der Waals surface area contributed by atoms with E-state index in [4.69, 9.17) is 4.74 Å². The topological polar surface area (TPSA) is 27.1 Å². The summed E-state index contributed by atoms with van der Waals surface area (Å²) in [6, 6.07) is 8.28. The summed E-state index contributed by atoms with van der Waals surface area (Å²) in [6.45, 7) is 9.09. The third-order valence-electron chi connectivity index (χ3n) is 3.34. The predicted octanol–water partition coefficient (Wildman–Crippen LogP) is 4.37. The highest BCUT2D eigenvalue weighted by Crippen LogP contribution is 2.27. The lowest BCUT2D eigenvalue weighted by atomic mass is 9.87. The molecular formula is C16H21BrN2O. The van der Waals surface area contributed by atoms with Crippen LogP contribution >= 0.6 is 15.9 Å². The van der Waals surface area contributed by atoms with Crippen LogP contribution in [0.15, 0.2) is 28.7 Å². The van der Waals surface area contributed by atoms with E-state index in [1.165, 1.54) is 5.56 Å². The fourth-order valence-corrected chi connectivity index (χ4v) is 2.49. The maximum atomic E-state index is 5.91. The van der Waals surface area contributed by atoms with Crippen molar-refractivity contribution in [3.63, 3.8) is 0 Å². The second kappa shape index (κ2) is 5.60. The molecule has 4 heteroatoms. The predicted molar refractivity (Wildman–Crippen MR) is 85.1 cm³/mol. The SMILES string of the molecule is Cc1nn(C)c(COc2cccc(C(C)(C)C)c2)c1Br. The zero-order valence-corrected chi connectivity index (χ0v) is 14.3. The van der Waals surface area contributed by atoms with Crippen LogP contribution < -0.4 is 4.74 Å². The zero-order valence-electron chi connectivity index (χ0n) is 12.7. The molecule has 108 valence electrons. The molecule has 0 spiro atoms. The van der Waals surface area contributed by atoms with E-state index in [1.807, 2.05) is 30.8 Å². The number of hydrogen-bond donors (Lipinski definition) is 0. The molecule has 0 bridgehead atoms. The van der Waals surface area contributed by atoms with Crippen LogP contribution in [0, 0.1) is 6.92 Å². The summed E-state index contributed by atoms with van der Waals surface area (Å²) in [5, 5.41) is 4.37. The van der Waals surface area contributed by atoms with Gasteiger partial charge in [-0.15, -0.1) is 0 Å². The highest BCUT2D eigenvalue weighted by Gasteiger charge is 2.15.